The Morgan fingerprint density at radius 1 is 1.00 bits per heavy atom. The number of alkyl halides is 4. The van der Waals surface area contributed by atoms with Crippen LogP contribution in [0.15, 0.2) is 55.0 Å². The fraction of sp³-hybridized carbons (Fsp3) is 0.515. The number of pyridine rings is 1. The van der Waals surface area contributed by atoms with Crippen molar-refractivity contribution in [1.29, 1.82) is 0 Å². The average molecular weight is 595 g/mol. The molecular weight excluding hydrogens is 560 g/mol. The van der Waals surface area contributed by atoms with Gasteiger partial charge >= 0.3 is 12.2 Å². The smallest absolute Gasteiger partial charge is 0.417 e. The molecule has 3 unspecified atom stereocenters. The molecule has 6 nitrogen and oxygen atoms in total. The number of amides is 1. The van der Waals surface area contributed by atoms with Crippen molar-refractivity contribution in [2.24, 2.45) is 17.3 Å². The first-order valence-corrected chi connectivity index (χ1v) is 15.0. The standard InChI is InChI=1S/C33H34F4N4O2/c1-43-29-39-14-24(15-40-29)21-4-2-6-26(12-21)41(28(42)31-18-32(34,19-31)20-31)17-23-9-11-30(10-3-5-22(23)13-30)27-8-7-25(16-38-27)33(35,36)37/h2,4,6-8,12,14-16,22-23H,3,5,9-11,13,17-20H2,1H3. The van der Waals surface area contributed by atoms with E-state index in [0.29, 0.717) is 12.5 Å². The van der Waals surface area contributed by atoms with Gasteiger partial charge in [0.05, 0.1) is 18.1 Å². The van der Waals surface area contributed by atoms with Gasteiger partial charge in [-0.25, -0.2) is 14.4 Å². The SMILES string of the molecule is COc1ncc(-c2cccc(N(CC3CCC4(c5ccc(C(F)(F)F)cn5)CCCC3C4)C(=O)C34CC(F)(C3)C4)c2)cn1. The lowest BCUT2D eigenvalue weighted by molar-refractivity contribution is -0.211. The third kappa shape index (κ3) is 4.86. The number of rotatable bonds is 7. The molecule has 0 aliphatic heterocycles. The highest BCUT2D eigenvalue weighted by Crippen LogP contribution is 2.70. The summed E-state index contributed by atoms with van der Waals surface area (Å²) in [5.41, 5.74) is 0.403. The van der Waals surface area contributed by atoms with Crippen LogP contribution in [-0.4, -0.2) is 40.2 Å². The normalized spacial score (nSPS) is 31.0. The molecule has 1 aromatic carbocycles. The number of ether oxygens (including phenoxy) is 1. The molecule has 0 saturated heterocycles. The lowest BCUT2D eigenvalue weighted by Gasteiger charge is -2.65. The maximum Gasteiger partial charge on any atom is 0.417 e. The van der Waals surface area contributed by atoms with Gasteiger partial charge in [0, 0.05) is 47.5 Å². The molecule has 1 amide bonds. The highest BCUT2D eigenvalue weighted by Gasteiger charge is 2.73. The Balaban J connectivity index is 1.15. The summed E-state index contributed by atoms with van der Waals surface area (Å²) in [4.78, 5) is 28.8. The predicted octanol–water partition coefficient (Wildman–Crippen LogP) is 7.33. The number of hydrogen-bond acceptors (Lipinski definition) is 5. The van der Waals surface area contributed by atoms with Gasteiger partial charge in [-0.05, 0) is 86.6 Å². The number of hydrogen-bond donors (Lipinski definition) is 0. The van der Waals surface area contributed by atoms with Crippen molar-refractivity contribution in [2.75, 3.05) is 18.6 Å². The van der Waals surface area contributed by atoms with Crippen molar-refractivity contribution in [3.8, 4) is 17.1 Å². The van der Waals surface area contributed by atoms with E-state index in [9.17, 15) is 22.4 Å². The second-order valence-electron chi connectivity index (χ2n) is 13.3. The number of aromatic nitrogens is 3. The van der Waals surface area contributed by atoms with E-state index in [1.165, 1.54) is 7.11 Å². The van der Waals surface area contributed by atoms with Gasteiger partial charge in [0.2, 0.25) is 5.91 Å². The average Bonchev–Trinajstić information content (AvgIpc) is 2.98. The summed E-state index contributed by atoms with van der Waals surface area (Å²) in [6, 6.07) is 10.7. The summed E-state index contributed by atoms with van der Waals surface area (Å²) in [7, 11) is 1.51. The van der Waals surface area contributed by atoms with Crippen molar-refractivity contribution in [1.82, 2.24) is 15.0 Å². The highest BCUT2D eigenvalue weighted by molar-refractivity contribution is 6.00. The lowest BCUT2D eigenvalue weighted by Crippen LogP contribution is -2.70. The first-order valence-electron chi connectivity index (χ1n) is 15.0. The summed E-state index contributed by atoms with van der Waals surface area (Å²) in [5.74, 6) is 0.541. The molecule has 10 heteroatoms. The van der Waals surface area contributed by atoms with Crippen LogP contribution in [0.2, 0.25) is 0 Å². The van der Waals surface area contributed by atoms with E-state index in [1.54, 1.807) is 18.5 Å². The van der Waals surface area contributed by atoms with Crippen LogP contribution in [0, 0.1) is 17.3 Å². The van der Waals surface area contributed by atoms with Crippen LogP contribution in [0.4, 0.5) is 23.2 Å². The number of carbonyl (C=O) groups is 1. The van der Waals surface area contributed by atoms with Gasteiger partial charge in [0.1, 0.15) is 5.67 Å². The molecule has 4 bridgehead atoms. The summed E-state index contributed by atoms with van der Waals surface area (Å²) >= 11 is 0. The van der Waals surface area contributed by atoms with E-state index in [-0.39, 0.29) is 42.5 Å². The van der Waals surface area contributed by atoms with Gasteiger partial charge in [-0.2, -0.15) is 13.2 Å². The second kappa shape index (κ2) is 9.99. The predicted molar refractivity (Wildman–Crippen MR) is 152 cm³/mol. The molecule has 8 rings (SSSR count). The molecule has 5 saturated carbocycles. The monoisotopic (exact) mass is 594 g/mol. The molecule has 0 radical (unpaired) electrons. The molecule has 0 N–H and O–H groups in total. The van der Waals surface area contributed by atoms with Crippen LogP contribution < -0.4 is 9.64 Å². The van der Waals surface area contributed by atoms with E-state index in [1.807, 2.05) is 29.2 Å². The Bertz CT molecular complexity index is 1510. The summed E-state index contributed by atoms with van der Waals surface area (Å²) < 4.78 is 59.2. The van der Waals surface area contributed by atoms with Gasteiger partial charge in [0.15, 0.2) is 0 Å². The number of methoxy groups -OCH3 is 1. The zero-order valence-electron chi connectivity index (χ0n) is 24.0. The highest BCUT2D eigenvalue weighted by atomic mass is 19.4. The molecular formula is C33H34F4N4O2. The Morgan fingerprint density at radius 3 is 2.42 bits per heavy atom. The van der Waals surface area contributed by atoms with Gasteiger partial charge in [0.25, 0.3) is 0 Å². The molecule has 2 aromatic heterocycles. The van der Waals surface area contributed by atoms with E-state index in [0.717, 1.165) is 73.3 Å². The topological polar surface area (TPSA) is 68.2 Å². The fourth-order valence-electron chi connectivity index (χ4n) is 8.35. The zero-order chi connectivity index (χ0) is 30.0. The van der Waals surface area contributed by atoms with Gasteiger partial charge < -0.3 is 9.64 Å². The van der Waals surface area contributed by atoms with Crippen LogP contribution in [0.3, 0.4) is 0 Å². The molecule has 3 atom stereocenters. The van der Waals surface area contributed by atoms with E-state index >= 15 is 0 Å². The first-order chi connectivity index (χ1) is 20.5. The maximum absolute atomic E-state index is 14.5. The van der Waals surface area contributed by atoms with Crippen molar-refractivity contribution in [2.45, 2.75) is 75.0 Å². The Labute approximate surface area is 247 Å². The molecule has 5 aliphatic carbocycles. The minimum Gasteiger partial charge on any atom is -0.467 e. The van der Waals surface area contributed by atoms with Crippen LogP contribution in [0.5, 0.6) is 6.01 Å². The molecule has 5 fully saturated rings. The van der Waals surface area contributed by atoms with Crippen LogP contribution in [0.1, 0.15) is 69.0 Å². The summed E-state index contributed by atoms with van der Waals surface area (Å²) in [6.45, 7) is 0.531. The molecule has 3 aromatic rings. The number of halogens is 4. The van der Waals surface area contributed by atoms with Gasteiger partial charge in [-0.15, -0.1) is 0 Å². The van der Waals surface area contributed by atoms with Crippen LogP contribution in [0.25, 0.3) is 11.1 Å². The third-order valence-corrected chi connectivity index (χ3v) is 10.6. The van der Waals surface area contributed by atoms with Gasteiger partial charge in [-0.1, -0.05) is 25.0 Å². The molecule has 43 heavy (non-hydrogen) atoms. The third-order valence-electron chi connectivity index (χ3n) is 10.6. The number of anilines is 1. The minimum absolute atomic E-state index is 0.00721. The van der Waals surface area contributed by atoms with Crippen LogP contribution in [-0.2, 0) is 16.4 Å². The Hall–Kier alpha value is -3.56. The second-order valence-corrected chi connectivity index (χ2v) is 13.3. The number of carbonyl (C=O) groups excluding carboxylic acids is 1. The summed E-state index contributed by atoms with van der Waals surface area (Å²) in [5, 5.41) is 0. The van der Waals surface area contributed by atoms with E-state index in [2.05, 4.69) is 15.0 Å². The number of fused-ring (bicyclic) bond motifs is 2. The van der Waals surface area contributed by atoms with Crippen molar-refractivity contribution in [3.63, 3.8) is 0 Å². The Morgan fingerprint density at radius 2 is 1.77 bits per heavy atom. The van der Waals surface area contributed by atoms with Crippen molar-refractivity contribution >= 4 is 11.6 Å². The van der Waals surface area contributed by atoms with E-state index < -0.39 is 22.8 Å². The van der Waals surface area contributed by atoms with Crippen molar-refractivity contribution < 1.29 is 27.1 Å². The number of nitrogens with zero attached hydrogens (tertiary/aromatic N) is 4. The molecule has 2 heterocycles. The van der Waals surface area contributed by atoms with Crippen LogP contribution >= 0.6 is 0 Å². The van der Waals surface area contributed by atoms with Crippen molar-refractivity contribution in [3.05, 3.63) is 66.2 Å². The first kappa shape index (κ1) is 28.2. The quantitative estimate of drug-likeness (QED) is 0.268. The number of benzene rings is 1. The molecule has 0 spiro atoms. The fourth-order valence-corrected chi connectivity index (χ4v) is 8.35. The molecule has 5 aliphatic rings. The zero-order valence-corrected chi connectivity index (χ0v) is 24.0. The maximum atomic E-state index is 14.5. The van der Waals surface area contributed by atoms with Gasteiger partial charge in [-0.3, -0.25) is 9.78 Å². The molecule has 226 valence electrons. The largest absolute Gasteiger partial charge is 0.467 e. The Kier molecular flexibility index (Phi) is 6.56. The van der Waals surface area contributed by atoms with E-state index in [4.69, 9.17) is 4.74 Å². The lowest BCUT2D eigenvalue weighted by atomic mass is 9.42. The minimum atomic E-state index is -4.41. The summed E-state index contributed by atoms with van der Waals surface area (Å²) in [6.07, 6.45) is 6.19.